The van der Waals surface area contributed by atoms with Gasteiger partial charge < -0.3 is 26.0 Å². The molecule has 5 N–H and O–H groups in total. The number of nitrogens with two attached hydrogens (primary N) is 1. The van der Waals surface area contributed by atoms with Gasteiger partial charge in [0, 0.05) is 17.8 Å². The molecule has 0 unspecified atom stereocenters. The smallest absolute Gasteiger partial charge is 0.480 e. The number of alkyl halides is 3. The van der Waals surface area contributed by atoms with E-state index in [4.69, 9.17) is 25.5 Å². The molecule has 0 fully saturated rings. The first-order valence-corrected chi connectivity index (χ1v) is 11.6. The number of ether oxygens (including phenoxy) is 1. The van der Waals surface area contributed by atoms with Gasteiger partial charge in [-0.15, -0.1) is 0 Å². The number of primary amides is 1. The Balaban J connectivity index is 0.000000259. The average Bonchev–Trinajstić information content (AvgIpc) is 3.35. The molecule has 0 spiro atoms. The van der Waals surface area contributed by atoms with Crippen molar-refractivity contribution >= 4 is 35.3 Å². The molecule has 1 aliphatic heterocycles. The molecule has 13 heteroatoms. The summed E-state index contributed by atoms with van der Waals surface area (Å²) in [5.41, 5.74) is 9.16. The van der Waals surface area contributed by atoms with Crippen molar-refractivity contribution < 1.29 is 47.3 Å². The number of carboxylic acids is 2. The number of halogens is 3. The zero-order chi connectivity index (χ0) is 29.7. The van der Waals surface area contributed by atoms with Gasteiger partial charge in [-0.3, -0.25) is 14.5 Å². The van der Waals surface area contributed by atoms with Crippen LogP contribution in [0.2, 0.25) is 0 Å². The van der Waals surface area contributed by atoms with E-state index in [0.29, 0.717) is 17.8 Å². The van der Waals surface area contributed by atoms with Crippen LogP contribution in [0.4, 0.5) is 29.3 Å². The first kappa shape index (κ1) is 31.1. The van der Waals surface area contributed by atoms with Gasteiger partial charge >= 0.3 is 24.2 Å². The Bertz CT molecular complexity index is 1300. The summed E-state index contributed by atoms with van der Waals surface area (Å²) in [6.45, 7) is 0.732. The van der Waals surface area contributed by atoms with Crippen LogP contribution in [-0.4, -0.2) is 53.4 Å². The van der Waals surface area contributed by atoms with Crippen LogP contribution >= 0.6 is 0 Å². The van der Waals surface area contributed by atoms with Crippen molar-refractivity contribution in [3.8, 4) is 0 Å². The SMILES string of the molecule is NC(=O)c1ccc2c(c1)N(C(=O)OCc1ccccc1)CC2.O=C(O)C(F)(F)F.O=C(O)CNc1ccccc1. The zero-order valence-corrected chi connectivity index (χ0v) is 20.9. The Labute approximate surface area is 226 Å². The van der Waals surface area contributed by atoms with E-state index in [0.717, 1.165) is 23.2 Å². The van der Waals surface area contributed by atoms with Crippen LogP contribution in [0.5, 0.6) is 0 Å². The fraction of sp³-hybridized carbons (Fsp3) is 0.185. The third-order valence-electron chi connectivity index (χ3n) is 5.15. The molecular formula is C27H26F3N3O7. The van der Waals surface area contributed by atoms with Crippen molar-refractivity contribution in [2.75, 3.05) is 23.3 Å². The number of nitrogens with one attached hydrogen (secondary N) is 1. The molecule has 2 amide bonds. The van der Waals surface area contributed by atoms with E-state index in [2.05, 4.69) is 5.32 Å². The number of amides is 2. The van der Waals surface area contributed by atoms with Gasteiger partial charge in [0.05, 0.1) is 5.69 Å². The number of carbonyl (C=O) groups excluding carboxylic acids is 2. The second-order valence-electron chi connectivity index (χ2n) is 8.07. The van der Waals surface area contributed by atoms with Crippen LogP contribution in [0.15, 0.2) is 78.9 Å². The fourth-order valence-corrected chi connectivity index (χ4v) is 3.25. The number of benzene rings is 3. The Morgan fingerprint density at radius 3 is 2.02 bits per heavy atom. The molecule has 0 saturated heterocycles. The maximum Gasteiger partial charge on any atom is 0.490 e. The summed E-state index contributed by atoms with van der Waals surface area (Å²) in [7, 11) is 0. The highest BCUT2D eigenvalue weighted by Gasteiger charge is 2.38. The molecule has 0 saturated carbocycles. The number of hydrogen-bond donors (Lipinski definition) is 4. The molecule has 0 aliphatic carbocycles. The monoisotopic (exact) mass is 561 g/mol. The molecule has 3 aromatic carbocycles. The lowest BCUT2D eigenvalue weighted by Crippen LogP contribution is -2.29. The van der Waals surface area contributed by atoms with Crippen LogP contribution in [0.1, 0.15) is 21.5 Å². The highest BCUT2D eigenvalue weighted by atomic mass is 19.4. The number of fused-ring (bicyclic) bond motifs is 1. The van der Waals surface area contributed by atoms with Crippen LogP contribution in [0, 0.1) is 0 Å². The molecule has 212 valence electrons. The molecule has 4 rings (SSSR count). The van der Waals surface area contributed by atoms with Gasteiger partial charge in [-0.1, -0.05) is 54.6 Å². The number of anilines is 2. The van der Waals surface area contributed by atoms with E-state index in [9.17, 15) is 27.6 Å². The molecule has 40 heavy (non-hydrogen) atoms. The van der Waals surface area contributed by atoms with E-state index < -0.39 is 30.1 Å². The Hall–Kier alpha value is -5.07. The molecule has 10 nitrogen and oxygen atoms in total. The summed E-state index contributed by atoms with van der Waals surface area (Å²) in [5, 5.41) is 18.2. The Morgan fingerprint density at radius 1 is 0.925 bits per heavy atom. The standard InChI is InChI=1S/C17H16N2O3.C8H9NO2.C2HF3O2/c18-16(20)14-7-6-13-8-9-19(15(13)10-14)17(21)22-11-12-4-2-1-3-5-12;10-8(11)6-9-7-4-2-1-3-5-7;3-2(4,5)1(6)7/h1-7,10H,8-9,11H2,(H2,18,20);1-5,9H,6H2,(H,10,11);(H,6,7). The highest BCUT2D eigenvalue weighted by molar-refractivity contribution is 5.97. The first-order chi connectivity index (χ1) is 18.9. The second kappa shape index (κ2) is 14.8. The van der Waals surface area contributed by atoms with Gasteiger partial charge in [-0.25, -0.2) is 9.59 Å². The quantitative estimate of drug-likeness (QED) is 0.347. The van der Waals surface area contributed by atoms with E-state index in [1.165, 1.54) is 0 Å². The lowest BCUT2D eigenvalue weighted by molar-refractivity contribution is -0.192. The topological polar surface area (TPSA) is 159 Å². The normalized spacial score (nSPS) is 11.5. The number of nitrogens with zero attached hydrogens (tertiary/aromatic N) is 1. The van der Waals surface area contributed by atoms with Crippen LogP contribution in [0.3, 0.4) is 0 Å². The van der Waals surface area contributed by atoms with Crippen molar-refractivity contribution in [1.29, 1.82) is 0 Å². The van der Waals surface area contributed by atoms with Crippen molar-refractivity contribution in [3.63, 3.8) is 0 Å². The average molecular weight is 562 g/mol. The van der Waals surface area contributed by atoms with Crippen LogP contribution < -0.4 is 16.0 Å². The van der Waals surface area contributed by atoms with E-state index in [-0.39, 0.29) is 13.2 Å². The van der Waals surface area contributed by atoms with Crippen molar-refractivity contribution in [3.05, 3.63) is 95.6 Å². The summed E-state index contributed by atoms with van der Waals surface area (Å²) >= 11 is 0. The summed E-state index contributed by atoms with van der Waals surface area (Å²) in [5.74, 6) is -4.12. The molecule has 3 aromatic rings. The molecule has 0 aromatic heterocycles. The minimum Gasteiger partial charge on any atom is -0.480 e. The first-order valence-electron chi connectivity index (χ1n) is 11.6. The minimum absolute atomic E-state index is 0.0377. The number of aliphatic carboxylic acids is 2. The van der Waals surface area contributed by atoms with Gasteiger partial charge in [0.15, 0.2) is 0 Å². The van der Waals surface area contributed by atoms with Gasteiger partial charge in [-0.2, -0.15) is 13.2 Å². The Morgan fingerprint density at radius 2 is 1.50 bits per heavy atom. The number of rotatable bonds is 6. The third-order valence-corrected chi connectivity index (χ3v) is 5.15. The van der Waals surface area contributed by atoms with Crippen molar-refractivity contribution in [2.24, 2.45) is 5.73 Å². The summed E-state index contributed by atoms with van der Waals surface area (Å²) in [6, 6.07) is 23.9. The van der Waals surface area contributed by atoms with Gasteiger partial charge in [-0.05, 0) is 41.8 Å². The molecule has 1 aliphatic rings. The Kier molecular flexibility index (Phi) is 11.5. The predicted molar refractivity (Wildman–Crippen MR) is 139 cm³/mol. The zero-order valence-electron chi connectivity index (χ0n) is 20.9. The number of carbonyl (C=O) groups is 4. The van der Waals surface area contributed by atoms with Gasteiger partial charge in [0.2, 0.25) is 5.91 Å². The van der Waals surface area contributed by atoms with E-state index >= 15 is 0 Å². The van der Waals surface area contributed by atoms with Crippen LogP contribution in [-0.2, 0) is 27.4 Å². The summed E-state index contributed by atoms with van der Waals surface area (Å²) in [4.78, 5) is 44.1. The molecule has 0 atom stereocenters. The second-order valence-corrected chi connectivity index (χ2v) is 8.07. The molecule has 0 radical (unpaired) electrons. The van der Waals surface area contributed by atoms with Crippen molar-refractivity contribution in [2.45, 2.75) is 19.2 Å². The summed E-state index contributed by atoms with van der Waals surface area (Å²) in [6.07, 6.45) is -4.75. The largest absolute Gasteiger partial charge is 0.490 e. The maximum atomic E-state index is 12.3. The van der Waals surface area contributed by atoms with Gasteiger partial charge in [0.25, 0.3) is 0 Å². The lowest BCUT2D eigenvalue weighted by Gasteiger charge is -2.17. The lowest BCUT2D eigenvalue weighted by atomic mass is 10.1. The molecular weight excluding hydrogens is 535 g/mol. The van der Waals surface area contributed by atoms with Crippen LogP contribution in [0.25, 0.3) is 0 Å². The van der Waals surface area contributed by atoms with E-state index in [1.54, 1.807) is 17.0 Å². The highest BCUT2D eigenvalue weighted by Crippen LogP contribution is 2.29. The van der Waals surface area contributed by atoms with Crippen molar-refractivity contribution in [1.82, 2.24) is 0 Å². The number of para-hydroxylation sites is 1. The number of carboxylic acid groups (broad SMARTS) is 2. The predicted octanol–water partition coefficient (Wildman–Crippen LogP) is 4.30. The fourth-order valence-electron chi connectivity index (χ4n) is 3.25. The van der Waals surface area contributed by atoms with E-state index in [1.807, 2.05) is 66.7 Å². The summed E-state index contributed by atoms with van der Waals surface area (Å²) < 4.78 is 37.1. The molecule has 0 bridgehead atoms. The maximum absolute atomic E-state index is 12.3. The minimum atomic E-state index is -5.08. The molecule has 1 heterocycles. The third kappa shape index (κ3) is 10.4. The van der Waals surface area contributed by atoms with Gasteiger partial charge in [0.1, 0.15) is 13.2 Å². The number of hydrogen-bond acceptors (Lipinski definition) is 6.